The van der Waals surface area contributed by atoms with Crippen molar-refractivity contribution in [3.63, 3.8) is 0 Å². The van der Waals surface area contributed by atoms with Crippen molar-refractivity contribution >= 4 is 23.2 Å². The highest BCUT2D eigenvalue weighted by Crippen LogP contribution is 2.31. The third kappa shape index (κ3) is 3.05. The topological polar surface area (TPSA) is 46.6 Å². The van der Waals surface area contributed by atoms with Gasteiger partial charge in [-0.1, -0.05) is 0 Å². The van der Waals surface area contributed by atoms with Crippen molar-refractivity contribution in [2.45, 2.75) is 45.4 Å². The zero-order valence-corrected chi connectivity index (χ0v) is 13.9. The number of carbonyl (C=O) groups excluding carboxylic acids is 2. The number of carbonyl (C=O) groups is 2. The third-order valence-corrected chi connectivity index (χ3v) is 5.78. The molecule has 2 heterocycles. The van der Waals surface area contributed by atoms with Gasteiger partial charge in [0.1, 0.15) is 0 Å². The smallest absolute Gasteiger partial charge is 0.309 e. The highest BCUT2D eigenvalue weighted by Gasteiger charge is 2.30. The van der Waals surface area contributed by atoms with Crippen LogP contribution in [0.5, 0.6) is 0 Å². The van der Waals surface area contributed by atoms with Crippen molar-refractivity contribution in [2.24, 2.45) is 5.92 Å². The Morgan fingerprint density at radius 3 is 2.73 bits per heavy atom. The third-order valence-electron chi connectivity index (χ3n) is 4.69. The number of fused-ring (bicyclic) bond motifs is 1. The summed E-state index contributed by atoms with van der Waals surface area (Å²) in [5, 5.41) is 2.04. The molecular weight excluding hydrogens is 298 g/mol. The number of hydrogen-bond donors (Lipinski definition) is 0. The first-order valence-electron chi connectivity index (χ1n) is 8.25. The van der Waals surface area contributed by atoms with Crippen LogP contribution in [0.2, 0.25) is 0 Å². The summed E-state index contributed by atoms with van der Waals surface area (Å²) in [6, 6.07) is 0. The van der Waals surface area contributed by atoms with Crippen molar-refractivity contribution in [3.05, 3.63) is 21.4 Å². The van der Waals surface area contributed by atoms with Crippen molar-refractivity contribution in [1.82, 2.24) is 4.90 Å². The van der Waals surface area contributed by atoms with Gasteiger partial charge in [-0.2, -0.15) is 0 Å². The summed E-state index contributed by atoms with van der Waals surface area (Å²) in [5.74, 6) is 0.00427. The average molecular weight is 321 g/mol. The minimum absolute atomic E-state index is 0.0413. The van der Waals surface area contributed by atoms with Crippen molar-refractivity contribution < 1.29 is 14.3 Å². The van der Waals surface area contributed by atoms with E-state index in [1.807, 2.05) is 17.2 Å². The Balaban J connectivity index is 1.63. The minimum Gasteiger partial charge on any atom is -0.466 e. The predicted molar refractivity (Wildman–Crippen MR) is 86.2 cm³/mol. The van der Waals surface area contributed by atoms with Crippen LogP contribution in [0.3, 0.4) is 0 Å². The lowest BCUT2D eigenvalue weighted by Gasteiger charge is -2.31. The van der Waals surface area contributed by atoms with Crippen LogP contribution in [0.25, 0.3) is 0 Å². The Kier molecular flexibility index (Phi) is 4.81. The maximum absolute atomic E-state index is 12.8. The molecule has 3 rings (SSSR count). The van der Waals surface area contributed by atoms with Crippen LogP contribution in [0.4, 0.5) is 0 Å². The first kappa shape index (κ1) is 15.5. The largest absolute Gasteiger partial charge is 0.466 e. The van der Waals surface area contributed by atoms with Crippen LogP contribution >= 0.6 is 11.3 Å². The number of esters is 1. The van der Waals surface area contributed by atoms with E-state index < -0.39 is 0 Å². The molecule has 0 saturated carbocycles. The van der Waals surface area contributed by atoms with Gasteiger partial charge in [-0.05, 0) is 51.0 Å². The maximum Gasteiger partial charge on any atom is 0.309 e. The molecule has 1 aromatic rings. The number of amides is 1. The second-order valence-corrected chi connectivity index (χ2v) is 7.04. The van der Waals surface area contributed by atoms with E-state index in [-0.39, 0.29) is 17.8 Å². The van der Waals surface area contributed by atoms with E-state index in [9.17, 15) is 9.59 Å². The SMILES string of the molecule is CCOC(=O)C1CCN(C(=O)c2csc3c2CCCC3)CC1. The van der Waals surface area contributed by atoms with E-state index in [1.54, 1.807) is 11.3 Å². The molecular formula is C17H23NO3S. The number of nitrogens with zero attached hydrogens (tertiary/aromatic N) is 1. The number of hydrogen-bond acceptors (Lipinski definition) is 4. The molecule has 2 aliphatic rings. The van der Waals surface area contributed by atoms with E-state index in [1.165, 1.54) is 23.3 Å². The molecule has 1 saturated heterocycles. The molecule has 1 fully saturated rings. The maximum atomic E-state index is 12.8. The Hall–Kier alpha value is -1.36. The van der Waals surface area contributed by atoms with Gasteiger partial charge in [0.25, 0.3) is 5.91 Å². The second kappa shape index (κ2) is 6.82. The second-order valence-electron chi connectivity index (χ2n) is 6.08. The highest BCUT2D eigenvalue weighted by molar-refractivity contribution is 7.10. The van der Waals surface area contributed by atoms with Crippen LogP contribution in [0.1, 0.15) is 53.4 Å². The lowest BCUT2D eigenvalue weighted by Crippen LogP contribution is -2.40. The van der Waals surface area contributed by atoms with Gasteiger partial charge in [0.15, 0.2) is 0 Å². The zero-order valence-electron chi connectivity index (χ0n) is 13.1. The fraction of sp³-hybridized carbons (Fsp3) is 0.647. The van der Waals surface area contributed by atoms with E-state index in [4.69, 9.17) is 4.74 Å². The fourth-order valence-corrected chi connectivity index (χ4v) is 4.54. The summed E-state index contributed by atoms with van der Waals surface area (Å²) >= 11 is 1.73. The summed E-state index contributed by atoms with van der Waals surface area (Å²) in [4.78, 5) is 27.8. The molecule has 0 radical (unpaired) electrons. The first-order chi connectivity index (χ1) is 10.7. The quantitative estimate of drug-likeness (QED) is 0.804. The van der Waals surface area contributed by atoms with Gasteiger partial charge in [-0.15, -0.1) is 11.3 Å². The van der Waals surface area contributed by atoms with Crippen LogP contribution in [-0.2, 0) is 22.4 Å². The van der Waals surface area contributed by atoms with Crippen LogP contribution in [0, 0.1) is 5.92 Å². The molecule has 1 aromatic heterocycles. The summed E-state index contributed by atoms with van der Waals surface area (Å²) in [7, 11) is 0. The van der Waals surface area contributed by atoms with Gasteiger partial charge in [-0.3, -0.25) is 9.59 Å². The molecule has 120 valence electrons. The Morgan fingerprint density at radius 1 is 1.27 bits per heavy atom. The summed E-state index contributed by atoms with van der Waals surface area (Å²) in [6.45, 7) is 3.58. The molecule has 0 N–H and O–H groups in total. The number of likely N-dealkylation sites (tertiary alicyclic amines) is 1. The van der Waals surface area contributed by atoms with E-state index in [0.29, 0.717) is 19.7 Å². The average Bonchev–Trinajstić information content (AvgIpc) is 2.98. The van der Waals surface area contributed by atoms with E-state index in [0.717, 1.165) is 31.2 Å². The Labute approximate surface area is 135 Å². The summed E-state index contributed by atoms with van der Waals surface area (Å²) in [6.07, 6.45) is 6.03. The number of rotatable bonds is 3. The van der Waals surface area contributed by atoms with Crippen LogP contribution in [0.15, 0.2) is 5.38 Å². The summed E-state index contributed by atoms with van der Waals surface area (Å²) in [5.41, 5.74) is 2.20. The van der Waals surface area contributed by atoms with E-state index in [2.05, 4.69) is 0 Å². The monoisotopic (exact) mass is 321 g/mol. The lowest BCUT2D eigenvalue weighted by molar-refractivity contribution is -0.149. The van der Waals surface area contributed by atoms with Gasteiger partial charge in [0.2, 0.25) is 0 Å². The van der Waals surface area contributed by atoms with Gasteiger partial charge >= 0.3 is 5.97 Å². The Bertz CT molecular complexity index is 558. The predicted octanol–water partition coefficient (Wildman–Crippen LogP) is 3.04. The molecule has 0 bridgehead atoms. The fourth-order valence-electron chi connectivity index (χ4n) is 3.42. The molecule has 4 nitrogen and oxygen atoms in total. The molecule has 1 amide bonds. The molecule has 1 aliphatic heterocycles. The van der Waals surface area contributed by atoms with Crippen LogP contribution < -0.4 is 0 Å². The molecule has 0 unspecified atom stereocenters. The van der Waals surface area contributed by atoms with Gasteiger partial charge in [0.05, 0.1) is 18.1 Å². The van der Waals surface area contributed by atoms with Gasteiger partial charge in [0, 0.05) is 23.3 Å². The van der Waals surface area contributed by atoms with Crippen molar-refractivity contribution in [1.29, 1.82) is 0 Å². The minimum atomic E-state index is -0.109. The number of thiophene rings is 1. The molecule has 22 heavy (non-hydrogen) atoms. The molecule has 0 atom stereocenters. The van der Waals surface area contributed by atoms with E-state index >= 15 is 0 Å². The first-order valence-corrected chi connectivity index (χ1v) is 9.13. The van der Waals surface area contributed by atoms with Gasteiger partial charge in [-0.25, -0.2) is 0 Å². The molecule has 0 aromatic carbocycles. The summed E-state index contributed by atoms with van der Waals surface area (Å²) < 4.78 is 5.08. The number of ether oxygens (including phenoxy) is 1. The molecule has 0 spiro atoms. The van der Waals surface area contributed by atoms with Crippen molar-refractivity contribution in [2.75, 3.05) is 19.7 Å². The van der Waals surface area contributed by atoms with Crippen molar-refractivity contribution in [3.8, 4) is 0 Å². The zero-order chi connectivity index (χ0) is 15.5. The highest BCUT2D eigenvalue weighted by atomic mass is 32.1. The number of aryl methyl sites for hydroxylation is 1. The van der Waals surface area contributed by atoms with Crippen LogP contribution in [-0.4, -0.2) is 36.5 Å². The molecule has 1 aliphatic carbocycles. The number of piperidine rings is 1. The molecule has 5 heteroatoms. The standard InChI is InChI=1S/C17H23NO3S/c1-2-21-17(20)12-7-9-18(10-8-12)16(19)14-11-22-15-6-4-3-5-13(14)15/h11-12H,2-10H2,1H3. The van der Waals surface area contributed by atoms with Gasteiger partial charge < -0.3 is 9.64 Å². The normalized spacial score (nSPS) is 18.9. The Morgan fingerprint density at radius 2 is 2.00 bits per heavy atom. The lowest BCUT2D eigenvalue weighted by atomic mass is 9.93.